The lowest BCUT2D eigenvalue weighted by atomic mass is 10.1. The molecule has 272 valence electrons. The molecule has 2 atom stereocenters. The number of unbranched alkanes of at least 4 members (excludes halogenated alkanes) is 20. The number of aliphatic hydroxyl groups excluding tert-OH is 2. The zero-order valence-electron chi connectivity index (χ0n) is 31.0. The topological polar surface area (TPSA) is 69.6 Å². The molecule has 0 bridgehead atoms. The third-order valence-electron chi connectivity index (χ3n) is 8.70. The van der Waals surface area contributed by atoms with E-state index in [-0.39, 0.29) is 12.5 Å². The maximum absolute atomic E-state index is 12.3. The monoisotopic (exact) mass is 656 g/mol. The van der Waals surface area contributed by atoms with E-state index < -0.39 is 12.1 Å². The molecule has 3 N–H and O–H groups in total. The van der Waals surface area contributed by atoms with E-state index in [0.29, 0.717) is 6.42 Å². The second kappa shape index (κ2) is 38.5. The van der Waals surface area contributed by atoms with Crippen LogP contribution in [0.5, 0.6) is 0 Å². The fourth-order valence-electron chi connectivity index (χ4n) is 5.59. The van der Waals surface area contributed by atoms with E-state index in [4.69, 9.17) is 0 Å². The predicted octanol–water partition coefficient (Wildman–Crippen LogP) is 12.2. The molecule has 2 unspecified atom stereocenters. The minimum Gasteiger partial charge on any atom is -0.394 e. The lowest BCUT2D eigenvalue weighted by Crippen LogP contribution is -2.45. The minimum atomic E-state index is -0.874. The van der Waals surface area contributed by atoms with Gasteiger partial charge in [-0.15, -0.1) is 0 Å². The Kier molecular flexibility index (Phi) is 37.0. The Morgan fingerprint density at radius 1 is 0.511 bits per heavy atom. The van der Waals surface area contributed by atoms with Gasteiger partial charge in [0.1, 0.15) is 0 Å². The third-order valence-corrected chi connectivity index (χ3v) is 8.70. The van der Waals surface area contributed by atoms with E-state index in [1.807, 2.05) is 6.08 Å². The summed E-state index contributed by atoms with van der Waals surface area (Å²) in [5, 5.41) is 22.9. The van der Waals surface area contributed by atoms with Crippen LogP contribution in [0.1, 0.15) is 187 Å². The van der Waals surface area contributed by atoms with Gasteiger partial charge in [-0.1, -0.05) is 164 Å². The van der Waals surface area contributed by atoms with Crippen molar-refractivity contribution in [3.8, 4) is 0 Å². The third kappa shape index (κ3) is 35.2. The van der Waals surface area contributed by atoms with Crippen molar-refractivity contribution >= 4 is 5.91 Å². The second-order valence-electron chi connectivity index (χ2n) is 13.3. The molecule has 4 nitrogen and oxygen atoms in total. The van der Waals surface area contributed by atoms with E-state index >= 15 is 0 Å². The predicted molar refractivity (Wildman–Crippen MR) is 207 cm³/mol. The molecule has 47 heavy (non-hydrogen) atoms. The highest BCUT2D eigenvalue weighted by molar-refractivity contribution is 5.76. The normalized spacial score (nSPS) is 13.7. The van der Waals surface area contributed by atoms with Gasteiger partial charge in [-0.25, -0.2) is 0 Å². The first-order valence-corrected chi connectivity index (χ1v) is 20.0. The summed E-state index contributed by atoms with van der Waals surface area (Å²) in [6.07, 6.45) is 53.1. The molecule has 0 rings (SSSR count). The largest absolute Gasteiger partial charge is 0.394 e. The highest BCUT2D eigenvalue weighted by Crippen LogP contribution is 2.12. The average molecular weight is 656 g/mol. The molecule has 4 heteroatoms. The summed E-state index contributed by atoms with van der Waals surface area (Å²) in [5.41, 5.74) is 0. The fourth-order valence-corrected chi connectivity index (χ4v) is 5.59. The molecule has 0 spiro atoms. The first-order chi connectivity index (χ1) is 23.2. The van der Waals surface area contributed by atoms with Crippen LogP contribution >= 0.6 is 0 Å². The molecule has 1 amide bonds. The number of allylic oxidation sites excluding steroid dienone is 9. The maximum Gasteiger partial charge on any atom is 0.220 e. The highest BCUT2D eigenvalue weighted by atomic mass is 16.3. The zero-order chi connectivity index (χ0) is 34.3. The van der Waals surface area contributed by atoms with Crippen molar-refractivity contribution in [3.63, 3.8) is 0 Å². The molecular formula is C43H77NO3. The Bertz CT molecular complexity index is 797. The number of rotatable bonds is 35. The molecule has 0 saturated heterocycles. The zero-order valence-corrected chi connectivity index (χ0v) is 31.0. The fraction of sp³-hybridized carbons (Fsp3) is 0.744. The molecule has 0 aromatic rings. The van der Waals surface area contributed by atoms with Crippen molar-refractivity contribution in [1.82, 2.24) is 5.32 Å². The Hall–Kier alpha value is -1.91. The molecule has 0 heterocycles. The van der Waals surface area contributed by atoms with Crippen molar-refractivity contribution in [2.75, 3.05) is 6.61 Å². The van der Waals surface area contributed by atoms with Crippen LogP contribution in [-0.2, 0) is 4.79 Å². The van der Waals surface area contributed by atoms with Gasteiger partial charge >= 0.3 is 0 Å². The number of carbonyl (C=O) groups is 1. The van der Waals surface area contributed by atoms with E-state index in [9.17, 15) is 15.0 Å². The van der Waals surface area contributed by atoms with Gasteiger partial charge in [0.15, 0.2) is 0 Å². The van der Waals surface area contributed by atoms with Crippen LogP contribution in [0.4, 0.5) is 0 Å². The van der Waals surface area contributed by atoms with Gasteiger partial charge in [-0.05, 0) is 77.0 Å². The molecule has 0 aromatic carbocycles. The average Bonchev–Trinajstić information content (AvgIpc) is 3.07. The van der Waals surface area contributed by atoms with Gasteiger partial charge in [-0.3, -0.25) is 4.79 Å². The Balaban J connectivity index is 3.71. The summed E-state index contributed by atoms with van der Waals surface area (Å²) in [6.45, 7) is 4.25. The van der Waals surface area contributed by atoms with E-state index in [1.54, 1.807) is 6.08 Å². The Morgan fingerprint density at radius 3 is 1.38 bits per heavy atom. The number of amides is 1. The van der Waals surface area contributed by atoms with Gasteiger partial charge in [0.05, 0.1) is 18.8 Å². The second-order valence-corrected chi connectivity index (χ2v) is 13.3. The van der Waals surface area contributed by atoms with E-state index in [1.165, 1.54) is 116 Å². The van der Waals surface area contributed by atoms with Crippen molar-refractivity contribution in [1.29, 1.82) is 0 Å². The van der Waals surface area contributed by atoms with Crippen LogP contribution in [-0.4, -0.2) is 34.9 Å². The van der Waals surface area contributed by atoms with E-state index in [0.717, 1.165) is 51.4 Å². The first-order valence-electron chi connectivity index (χ1n) is 20.0. The smallest absolute Gasteiger partial charge is 0.220 e. The summed E-state index contributed by atoms with van der Waals surface area (Å²) in [5.74, 6) is -0.0889. The Morgan fingerprint density at radius 2 is 0.894 bits per heavy atom. The minimum absolute atomic E-state index is 0.0889. The number of aliphatic hydroxyl groups is 2. The van der Waals surface area contributed by atoms with Crippen molar-refractivity contribution in [3.05, 3.63) is 60.8 Å². The SMILES string of the molecule is CCCCCC/C=C\C/C=C\CCCCCCCCCC(=O)NC(CO)C(O)/C=C/CC/C=C/CC/C=C/CCCCCCCCC. The lowest BCUT2D eigenvalue weighted by Gasteiger charge is -2.19. The molecule has 0 aliphatic carbocycles. The summed E-state index contributed by atoms with van der Waals surface area (Å²) >= 11 is 0. The molecule has 0 saturated carbocycles. The maximum atomic E-state index is 12.3. The van der Waals surface area contributed by atoms with Crippen LogP contribution in [0, 0.1) is 0 Å². The molecule has 0 radical (unpaired) electrons. The number of hydrogen-bond acceptors (Lipinski definition) is 3. The quantitative estimate of drug-likeness (QED) is 0.0470. The molecule has 0 aliphatic heterocycles. The van der Waals surface area contributed by atoms with Crippen molar-refractivity contribution < 1.29 is 15.0 Å². The molecule has 0 fully saturated rings. The number of carbonyl (C=O) groups excluding carboxylic acids is 1. The van der Waals surface area contributed by atoms with Crippen LogP contribution in [0.25, 0.3) is 0 Å². The number of nitrogens with one attached hydrogen (secondary N) is 1. The van der Waals surface area contributed by atoms with Gasteiger partial charge in [0.2, 0.25) is 5.91 Å². The Labute approximate surface area is 292 Å². The molecule has 0 aliphatic rings. The van der Waals surface area contributed by atoms with Gasteiger partial charge < -0.3 is 15.5 Å². The van der Waals surface area contributed by atoms with E-state index in [2.05, 4.69) is 67.8 Å². The van der Waals surface area contributed by atoms with Crippen molar-refractivity contribution in [2.45, 2.75) is 199 Å². The number of hydrogen-bond donors (Lipinski definition) is 3. The van der Waals surface area contributed by atoms with Crippen LogP contribution < -0.4 is 5.32 Å². The summed E-state index contributed by atoms with van der Waals surface area (Å²) < 4.78 is 0. The summed E-state index contributed by atoms with van der Waals surface area (Å²) in [6, 6.07) is -0.650. The van der Waals surface area contributed by atoms with Crippen LogP contribution in [0.3, 0.4) is 0 Å². The van der Waals surface area contributed by atoms with Gasteiger partial charge in [0, 0.05) is 6.42 Å². The standard InChI is InChI=1S/C43H77NO3/c1-3-5-7-9-11-13-15-17-19-21-23-25-27-29-31-33-35-37-39-43(47)44-41(40-45)42(46)38-36-34-32-30-28-26-24-22-20-18-16-14-12-10-8-6-4-2/h13,15,19-22,28,30,36,38,41-42,45-46H,3-12,14,16-18,23-27,29,31-35,37,39-40H2,1-2H3,(H,44,47)/b15-13-,21-19-,22-20+,30-28+,38-36+. The molecule has 0 aromatic heterocycles. The lowest BCUT2D eigenvalue weighted by molar-refractivity contribution is -0.123. The van der Waals surface area contributed by atoms with Gasteiger partial charge in [0.25, 0.3) is 0 Å². The van der Waals surface area contributed by atoms with Gasteiger partial charge in [-0.2, -0.15) is 0 Å². The summed E-state index contributed by atoms with van der Waals surface area (Å²) in [7, 11) is 0. The van der Waals surface area contributed by atoms with Crippen molar-refractivity contribution in [2.24, 2.45) is 0 Å². The summed E-state index contributed by atoms with van der Waals surface area (Å²) in [4.78, 5) is 12.3. The highest BCUT2D eigenvalue weighted by Gasteiger charge is 2.17. The van der Waals surface area contributed by atoms with Crippen LogP contribution in [0.2, 0.25) is 0 Å². The first kappa shape index (κ1) is 45.1. The van der Waals surface area contributed by atoms with Crippen LogP contribution in [0.15, 0.2) is 60.8 Å². The molecular weight excluding hydrogens is 578 g/mol.